The van der Waals surface area contributed by atoms with Crippen molar-refractivity contribution in [3.05, 3.63) is 36.8 Å². The summed E-state index contributed by atoms with van der Waals surface area (Å²) in [5, 5.41) is 6.99. The van der Waals surface area contributed by atoms with E-state index in [4.69, 9.17) is 11.6 Å². The Bertz CT molecular complexity index is 590. The van der Waals surface area contributed by atoms with E-state index in [1.54, 1.807) is 5.38 Å². The zero-order valence-corrected chi connectivity index (χ0v) is 11.6. The van der Waals surface area contributed by atoms with Crippen LogP contribution in [0, 0.1) is 0 Å². The maximum atomic E-state index is 11.6. The fourth-order valence-electron chi connectivity index (χ4n) is 1.29. The summed E-state index contributed by atoms with van der Waals surface area (Å²) in [4.78, 5) is 29.2. The normalized spacial score (nSPS) is 10.5. The largest absolute Gasteiger partial charge is 0.350 e. The Balaban J connectivity index is 1.83. The highest BCUT2D eigenvalue weighted by Crippen LogP contribution is 2.12. The quantitative estimate of drug-likeness (QED) is 0.822. The smallest absolute Gasteiger partial charge is 0.304 e. The summed E-state index contributed by atoms with van der Waals surface area (Å²) in [6.45, 7) is 0.325. The van der Waals surface area contributed by atoms with E-state index in [9.17, 15) is 9.59 Å². The van der Waals surface area contributed by atoms with Crippen LogP contribution in [0.3, 0.4) is 0 Å². The molecular weight excluding hydrogens is 294 g/mol. The van der Waals surface area contributed by atoms with Crippen LogP contribution < -0.4 is 10.2 Å². The van der Waals surface area contributed by atoms with Gasteiger partial charge in [-0.25, -0.2) is 4.98 Å². The van der Waals surface area contributed by atoms with Gasteiger partial charge in [-0.15, -0.1) is 22.9 Å². The zero-order valence-electron chi connectivity index (χ0n) is 9.23. The maximum absolute atomic E-state index is 11.6. The predicted octanol–water partition coefficient (Wildman–Crippen LogP) is 1.49. The molecule has 0 saturated carbocycles. The number of halogens is 1. The lowest BCUT2D eigenvalue weighted by molar-refractivity contribution is -0.120. The van der Waals surface area contributed by atoms with Crippen LogP contribution in [-0.4, -0.2) is 15.9 Å². The van der Waals surface area contributed by atoms with Crippen molar-refractivity contribution < 1.29 is 4.79 Å². The Kier molecular flexibility index (Phi) is 4.51. The van der Waals surface area contributed by atoms with E-state index in [-0.39, 0.29) is 17.2 Å². The lowest BCUT2D eigenvalue weighted by Gasteiger charge is -2.01. The third kappa shape index (κ3) is 3.66. The number of hydrogen-bond acceptors (Lipinski definition) is 5. The SMILES string of the molecule is O=C(Cc1nc(CCl)cs1)NCc1csc(=O)[nH]1. The molecule has 0 bridgehead atoms. The second-order valence-corrected chi connectivity index (χ2v) is 5.55. The highest BCUT2D eigenvalue weighted by atomic mass is 35.5. The van der Waals surface area contributed by atoms with Crippen molar-refractivity contribution in [2.24, 2.45) is 0 Å². The summed E-state index contributed by atoms with van der Waals surface area (Å²) in [6.07, 6.45) is 0.232. The van der Waals surface area contributed by atoms with Gasteiger partial charge in [-0.2, -0.15) is 0 Å². The van der Waals surface area contributed by atoms with Gasteiger partial charge in [-0.1, -0.05) is 11.3 Å². The first-order valence-electron chi connectivity index (χ1n) is 5.10. The maximum Gasteiger partial charge on any atom is 0.304 e. The number of carbonyl (C=O) groups is 1. The van der Waals surface area contributed by atoms with Gasteiger partial charge in [0, 0.05) is 16.5 Å². The highest BCUT2D eigenvalue weighted by Gasteiger charge is 2.08. The van der Waals surface area contributed by atoms with Crippen molar-refractivity contribution in [2.45, 2.75) is 18.8 Å². The number of aromatic amines is 1. The molecule has 0 radical (unpaired) electrons. The molecule has 2 rings (SSSR count). The number of amides is 1. The fraction of sp³-hybridized carbons (Fsp3) is 0.300. The van der Waals surface area contributed by atoms with Crippen molar-refractivity contribution in [3.63, 3.8) is 0 Å². The third-order valence-electron chi connectivity index (χ3n) is 2.09. The van der Waals surface area contributed by atoms with Crippen LogP contribution in [0.1, 0.15) is 16.4 Å². The number of alkyl halides is 1. The lowest BCUT2D eigenvalue weighted by Crippen LogP contribution is -2.24. The second kappa shape index (κ2) is 6.12. The van der Waals surface area contributed by atoms with E-state index < -0.39 is 0 Å². The number of thiazole rings is 2. The molecule has 5 nitrogen and oxygen atoms in total. The molecule has 2 aromatic heterocycles. The van der Waals surface area contributed by atoms with E-state index in [1.807, 2.05) is 5.38 Å². The number of rotatable bonds is 5. The van der Waals surface area contributed by atoms with Crippen molar-refractivity contribution >= 4 is 40.2 Å². The van der Waals surface area contributed by atoms with Gasteiger partial charge in [0.15, 0.2) is 0 Å². The summed E-state index contributed by atoms with van der Waals surface area (Å²) in [5.41, 5.74) is 1.49. The van der Waals surface area contributed by atoms with Gasteiger partial charge in [0.2, 0.25) is 5.91 Å². The number of hydrogen-bond donors (Lipinski definition) is 2. The van der Waals surface area contributed by atoms with Crippen molar-refractivity contribution in [3.8, 4) is 0 Å². The Morgan fingerprint density at radius 2 is 2.28 bits per heavy atom. The molecule has 2 N–H and O–H groups in total. The standard InChI is InChI=1S/C10H10ClN3O2S2/c11-2-6-4-17-9(13-6)1-8(15)12-3-7-5-18-10(16)14-7/h4-5H,1-3H2,(H,12,15)(H,14,16). The highest BCUT2D eigenvalue weighted by molar-refractivity contribution is 7.09. The molecule has 0 aliphatic rings. The van der Waals surface area contributed by atoms with E-state index in [2.05, 4.69) is 15.3 Å². The molecule has 0 unspecified atom stereocenters. The van der Waals surface area contributed by atoms with Crippen LogP contribution >= 0.6 is 34.3 Å². The van der Waals surface area contributed by atoms with Crippen molar-refractivity contribution in [1.29, 1.82) is 0 Å². The van der Waals surface area contributed by atoms with Crippen LogP contribution in [0.25, 0.3) is 0 Å². The minimum atomic E-state index is -0.127. The van der Waals surface area contributed by atoms with Gasteiger partial charge in [-0.3, -0.25) is 9.59 Å². The third-order valence-corrected chi connectivity index (χ3v) is 3.98. The molecule has 2 heterocycles. The molecule has 0 aliphatic heterocycles. The summed E-state index contributed by atoms with van der Waals surface area (Å²) in [5.74, 6) is 0.228. The lowest BCUT2D eigenvalue weighted by atomic mass is 10.4. The minimum Gasteiger partial charge on any atom is -0.350 e. The molecule has 1 amide bonds. The first kappa shape index (κ1) is 13.3. The van der Waals surface area contributed by atoms with E-state index >= 15 is 0 Å². The number of carbonyl (C=O) groups excluding carboxylic acids is 1. The van der Waals surface area contributed by atoms with Crippen molar-refractivity contribution in [1.82, 2.24) is 15.3 Å². The first-order chi connectivity index (χ1) is 8.67. The van der Waals surface area contributed by atoms with Gasteiger partial charge in [0.05, 0.1) is 24.5 Å². The number of nitrogens with zero attached hydrogens (tertiary/aromatic N) is 1. The van der Waals surface area contributed by atoms with Gasteiger partial charge in [0.25, 0.3) is 0 Å². The molecule has 0 aromatic carbocycles. The molecule has 0 spiro atoms. The number of aromatic nitrogens is 2. The number of nitrogens with one attached hydrogen (secondary N) is 2. The molecule has 0 aliphatic carbocycles. The Hall–Kier alpha value is -1.18. The predicted molar refractivity (Wildman–Crippen MR) is 72.2 cm³/mol. The first-order valence-corrected chi connectivity index (χ1v) is 7.39. The topological polar surface area (TPSA) is 74.8 Å². The molecule has 2 aromatic rings. The Morgan fingerprint density at radius 3 is 2.89 bits per heavy atom. The molecule has 0 fully saturated rings. The summed E-state index contributed by atoms with van der Waals surface area (Å²) in [6, 6.07) is 0. The van der Waals surface area contributed by atoms with Crippen LogP contribution in [-0.2, 0) is 23.6 Å². The molecule has 0 saturated heterocycles. The Morgan fingerprint density at radius 1 is 1.44 bits per heavy atom. The zero-order chi connectivity index (χ0) is 13.0. The monoisotopic (exact) mass is 303 g/mol. The van der Waals surface area contributed by atoms with Gasteiger partial charge >= 0.3 is 4.87 Å². The minimum absolute atomic E-state index is 0.120. The summed E-state index contributed by atoms with van der Waals surface area (Å²) < 4.78 is 0. The van der Waals surface area contributed by atoms with Crippen LogP contribution in [0.15, 0.2) is 15.6 Å². The second-order valence-electron chi connectivity index (χ2n) is 3.49. The average molecular weight is 304 g/mol. The fourth-order valence-corrected chi connectivity index (χ4v) is 2.89. The molecule has 96 valence electrons. The van der Waals surface area contributed by atoms with E-state index in [0.717, 1.165) is 22.0 Å². The van der Waals surface area contributed by atoms with Gasteiger partial charge in [0.1, 0.15) is 5.01 Å². The van der Waals surface area contributed by atoms with Crippen molar-refractivity contribution in [2.75, 3.05) is 0 Å². The summed E-state index contributed by atoms with van der Waals surface area (Å²) >= 11 is 8.13. The molecule has 0 atom stereocenters. The average Bonchev–Trinajstić information content (AvgIpc) is 2.95. The molecule has 18 heavy (non-hydrogen) atoms. The Labute approximate surface area is 116 Å². The van der Waals surface area contributed by atoms with Gasteiger partial charge < -0.3 is 10.3 Å². The van der Waals surface area contributed by atoms with E-state index in [1.165, 1.54) is 11.3 Å². The summed E-state index contributed by atoms with van der Waals surface area (Å²) in [7, 11) is 0. The molecular formula is C10H10ClN3O2S2. The number of H-pyrrole nitrogens is 1. The van der Waals surface area contributed by atoms with Crippen LogP contribution in [0.4, 0.5) is 0 Å². The van der Waals surface area contributed by atoms with E-state index in [0.29, 0.717) is 18.1 Å². The van der Waals surface area contributed by atoms with Crippen LogP contribution in [0.2, 0.25) is 0 Å². The van der Waals surface area contributed by atoms with Gasteiger partial charge in [-0.05, 0) is 0 Å². The molecule has 8 heteroatoms. The van der Waals surface area contributed by atoms with Crippen LogP contribution in [0.5, 0.6) is 0 Å².